The molecule has 194 valence electrons. The minimum Gasteiger partial charge on any atom is -0.493 e. The summed E-state index contributed by atoms with van der Waals surface area (Å²) >= 11 is 6.18. The van der Waals surface area contributed by atoms with Gasteiger partial charge in [-0.05, 0) is 91.2 Å². The van der Waals surface area contributed by atoms with E-state index >= 15 is 0 Å². The highest BCUT2D eigenvalue weighted by atomic mass is 35.5. The summed E-state index contributed by atoms with van der Waals surface area (Å²) < 4.78 is 6.03. The molecule has 2 aromatic carbocycles. The molecule has 2 aliphatic carbocycles. The highest BCUT2D eigenvalue weighted by Crippen LogP contribution is 2.56. The van der Waals surface area contributed by atoms with Crippen LogP contribution in [-0.4, -0.2) is 28.2 Å². The van der Waals surface area contributed by atoms with E-state index < -0.39 is 11.5 Å². The van der Waals surface area contributed by atoms with Gasteiger partial charge in [-0.2, -0.15) is 0 Å². The molecule has 37 heavy (non-hydrogen) atoms. The quantitative estimate of drug-likeness (QED) is 0.321. The molecule has 5 rings (SSSR count). The van der Waals surface area contributed by atoms with Gasteiger partial charge in [-0.3, -0.25) is 0 Å². The first kappa shape index (κ1) is 25.4. The second-order valence-electron chi connectivity index (χ2n) is 10.8. The molecule has 1 unspecified atom stereocenters. The highest BCUT2D eigenvalue weighted by Gasteiger charge is 2.53. The summed E-state index contributed by atoms with van der Waals surface area (Å²) in [5, 5.41) is 14.3. The van der Waals surface area contributed by atoms with Crippen LogP contribution in [-0.2, 0) is 16.6 Å². The molecule has 0 bridgehead atoms. The third-order valence-corrected chi connectivity index (χ3v) is 8.62. The molecule has 0 aliphatic heterocycles. The van der Waals surface area contributed by atoms with Gasteiger partial charge in [0.25, 0.3) is 0 Å². The normalized spacial score (nSPS) is 25.4. The van der Waals surface area contributed by atoms with Gasteiger partial charge in [0.2, 0.25) is 0 Å². The molecule has 1 spiro atoms. The Morgan fingerprint density at radius 1 is 1.16 bits per heavy atom. The second kappa shape index (κ2) is 10.3. The number of nitrogens with two attached hydrogens (primary N) is 1. The number of nitrogen functional groups attached to an aromatic ring is 1. The van der Waals surface area contributed by atoms with Crippen LogP contribution in [0.2, 0.25) is 5.02 Å². The first-order chi connectivity index (χ1) is 17.8. The second-order valence-corrected chi connectivity index (χ2v) is 11.2. The number of rotatable bonds is 8. The van der Waals surface area contributed by atoms with Crippen LogP contribution in [0.5, 0.6) is 5.75 Å². The molecular formula is C30H34ClN3O3. The molecule has 6 nitrogen and oxygen atoms in total. The maximum absolute atomic E-state index is 12.6. The Kier molecular flexibility index (Phi) is 7.04. The van der Waals surface area contributed by atoms with Gasteiger partial charge in [0.1, 0.15) is 17.1 Å². The van der Waals surface area contributed by atoms with E-state index in [2.05, 4.69) is 41.5 Å². The Morgan fingerprint density at radius 3 is 2.68 bits per heavy atom. The van der Waals surface area contributed by atoms with Crippen molar-refractivity contribution in [1.82, 2.24) is 4.98 Å². The number of hydrogen-bond donors (Lipinski definition) is 3. The van der Waals surface area contributed by atoms with E-state index in [1.807, 2.05) is 18.2 Å². The van der Waals surface area contributed by atoms with E-state index in [-0.39, 0.29) is 5.41 Å². The van der Waals surface area contributed by atoms with Gasteiger partial charge in [-0.15, -0.1) is 0 Å². The third-order valence-electron chi connectivity index (χ3n) is 8.39. The summed E-state index contributed by atoms with van der Waals surface area (Å²) in [6.07, 6.45) is 6.45. The van der Waals surface area contributed by atoms with Crippen molar-refractivity contribution < 1.29 is 14.6 Å². The van der Waals surface area contributed by atoms with Crippen molar-refractivity contribution in [3.8, 4) is 5.75 Å². The number of halogens is 1. The van der Waals surface area contributed by atoms with Crippen molar-refractivity contribution >= 4 is 29.1 Å². The van der Waals surface area contributed by atoms with Crippen LogP contribution in [0.3, 0.4) is 0 Å². The smallest absolute Gasteiger partial charge is 0.329 e. The van der Waals surface area contributed by atoms with Gasteiger partial charge in [0.15, 0.2) is 0 Å². The van der Waals surface area contributed by atoms with E-state index in [9.17, 15) is 9.90 Å². The molecule has 2 atom stereocenters. The standard InChI is InChI=1S/C30H34ClN3O3/c1-20(19-37-25-9-14-33-27(32)18-25)15-22-16-21-5-2-3-8-26(21)29(22)10-12-30(13-11-29,28(35)36)34-24-7-4-6-23(31)17-24/h2-9,14,17-18,20,22,34H,10-13,15-16,19H2,1H3,(H2,32,33)(H,35,36)/t20-,22?,29?,30?/m1/s1. The molecule has 1 aromatic heterocycles. The van der Waals surface area contributed by atoms with E-state index in [4.69, 9.17) is 22.1 Å². The Hall–Kier alpha value is -3.25. The number of aliphatic carboxylic acids is 1. The molecule has 4 N–H and O–H groups in total. The summed E-state index contributed by atoms with van der Waals surface area (Å²) in [5.41, 5.74) is 8.30. The Morgan fingerprint density at radius 2 is 1.95 bits per heavy atom. The van der Waals surface area contributed by atoms with Gasteiger partial charge >= 0.3 is 5.97 Å². The molecular weight excluding hydrogens is 486 g/mol. The Bertz CT molecular complexity index is 1270. The van der Waals surface area contributed by atoms with E-state index in [1.54, 1.807) is 24.4 Å². The number of aromatic nitrogens is 1. The number of carboxylic acids is 1. The van der Waals surface area contributed by atoms with Gasteiger partial charge in [-0.1, -0.05) is 48.9 Å². The number of nitrogens with zero attached hydrogens (tertiary/aromatic N) is 1. The number of carboxylic acid groups (broad SMARTS) is 1. The predicted octanol–water partition coefficient (Wildman–Crippen LogP) is 6.34. The number of nitrogens with one attached hydrogen (secondary N) is 1. The molecule has 1 fully saturated rings. The van der Waals surface area contributed by atoms with Gasteiger partial charge in [-0.25, -0.2) is 9.78 Å². The fraction of sp³-hybridized carbons (Fsp3) is 0.400. The fourth-order valence-electron chi connectivity index (χ4n) is 6.52. The van der Waals surface area contributed by atoms with Crippen LogP contribution < -0.4 is 15.8 Å². The zero-order chi connectivity index (χ0) is 26.0. The number of anilines is 2. The molecule has 0 radical (unpaired) electrons. The lowest BCUT2D eigenvalue weighted by Gasteiger charge is -2.47. The molecule has 0 saturated heterocycles. The molecule has 7 heteroatoms. The number of hydrogen-bond acceptors (Lipinski definition) is 5. The van der Waals surface area contributed by atoms with E-state index in [0.29, 0.717) is 42.1 Å². The zero-order valence-electron chi connectivity index (χ0n) is 21.1. The Balaban J connectivity index is 1.34. The lowest BCUT2D eigenvalue weighted by molar-refractivity contribution is -0.144. The van der Waals surface area contributed by atoms with Crippen LogP contribution in [0, 0.1) is 11.8 Å². The van der Waals surface area contributed by atoms with Crippen LogP contribution in [0.15, 0.2) is 66.9 Å². The maximum atomic E-state index is 12.6. The van der Waals surface area contributed by atoms with Crippen LogP contribution in [0.1, 0.15) is 50.2 Å². The van der Waals surface area contributed by atoms with Crippen molar-refractivity contribution in [2.75, 3.05) is 17.7 Å². The third kappa shape index (κ3) is 5.12. The Labute approximate surface area is 223 Å². The number of fused-ring (bicyclic) bond motifs is 2. The topological polar surface area (TPSA) is 97.5 Å². The monoisotopic (exact) mass is 519 g/mol. The highest BCUT2D eigenvalue weighted by molar-refractivity contribution is 6.30. The average Bonchev–Trinajstić information content (AvgIpc) is 3.17. The summed E-state index contributed by atoms with van der Waals surface area (Å²) in [7, 11) is 0. The molecule has 1 heterocycles. The number of carbonyl (C=O) groups is 1. The largest absolute Gasteiger partial charge is 0.493 e. The average molecular weight is 520 g/mol. The fourth-order valence-corrected chi connectivity index (χ4v) is 6.71. The maximum Gasteiger partial charge on any atom is 0.329 e. The van der Waals surface area contributed by atoms with Crippen LogP contribution in [0.4, 0.5) is 11.5 Å². The van der Waals surface area contributed by atoms with Crippen molar-refractivity contribution in [2.24, 2.45) is 11.8 Å². The zero-order valence-corrected chi connectivity index (χ0v) is 21.9. The van der Waals surface area contributed by atoms with Gasteiger partial charge in [0, 0.05) is 23.0 Å². The van der Waals surface area contributed by atoms with Crippen molar-refractivity contribution in [2.45, 2.75) is 56.4 Å². The van der Waals surface area contributed by atoms with Crippen molar-refractivity contribution in [3.05, 3.63) is 83.0 Å². The van der Waals surface area contributed by atoms with Gasteiger partial charge in [0.05, 0.1) is 6.61 Å². The summed E-state index contributed by atoms with van der Waals surface area (Å²) in [5.74, 6) is 1.15. The number of ether oxygens (including phenoxy) is 1. The molecule has 3 aromatic rings. The number of pyridine rings is 1. The van der Waals surface area contributed by atoms with Gasteiger partial charge < -0.3 is 20.9 Å². The summed E-state index contributed by atoms with van der Waals surface area (Å²) in [4.78, 5) is 16.6. The van der Waals surface area contributed by atoms with Crippen molar-refractivity contribution in [3.63, 3.8) is 0 Å². The molecule has 0 amide bonds. The predicted molar refractivity (Wildman–Crippen MR) is 147 cm³/mol. The minimum atomic E-state index is -1.01. The lowest BCUT2D eigenvalue weighted by Crippen LogP contribution is -2.53. The first-order valence-corrected chi connectivity index (χ1v) is 13.4. The number of benzene rings is 2. The minimum absolute atomic E-state index is 0.0269. The lowest BCUT2D eigenvalue weighted by atomic mass is 9.59. The van der Waals surface area contributed by atoms with E-state index in [0.717, 1.165) is 37.1 Å². The van der Waals surface area contributed by atoms with Crippen LogP contribution in [0.25, 0.3) is 0 Å². The summed E-state index contributed by atoms with van der Waals surface area (Å²) in [6, 6.07) is 19.6. The molecule has 2 aliphatic rings. The van der Waals surface area contributed by atoms with Crippen molar-refractivity contribution in [1.29, 1.82) is 0 Å². The van der Waals surface area contributed by atoms with Crippen LogP contribution >= 0.6 is 11.6 Å². The van der Waals surface area contributed by atoms with E-state index in [1.165, 1.54) is 11.1 Å². The first-order valence-electron chi connectivity index (χ1n) is 13.0. The SMILES string of the molecule is C[C@@H](COc1ccnc(N)c1)CC1Cc2ccccc2C12CCC(Nc1cccc(Cl)c1)(C(=O)O)CC2. The summed E-state index contributed by atoms with van der Waals surface area (Å²) in [6.45, 7) is 2.83. The molecule has 1 saturated carbocycles.